The van der Waals surface area contributed by atoms with Gasteiger partial charge in [0.2, 0.25) is 0 Å². The maximum atomic E-state index is 12.5. The van der Waals surface area contributed by atoms with E-state index in [4.69, 9.17) is 25.4 Å². The Morgan fingerprint density at radius 3 is 2.21 bits per heavy atom. The minimum absolute atomic E-state index is 0.0455. The molecule has 178 valence electrons. The van der Waals surface area contributed by atoms with Crippen molar-refractivity contribution in [2.24, 2.45) is 5.73 Å². The summed E-state index contributed by atoms with van der Waals surface area (Å²) in [5, 5.41) is 10.3. The van der Waals surface area contributed by atoms with Gasteiger partial charge in [-0.1, -0.05) is 30.3 Å². The number of ether oxygens (including phenoxy) is 3. The third-order valence-electron chi connectivity index (χ3n) is 5.20. The first kappa shape index (κ1) is 24.6. The SMILES string of the molecule is COc1cc(C(=O)NCc2ccccc2)ccc1OCCCCCOc1ccc(C(=N)N)cc1. The second-order valence-corrected chi connectivity index (χ2v) is 7.73. The lowest BCUT2D eigenvalue weighted by Crippen LogP contribution is -2.22. The number of nitrogens with one attached hydrogen (secondary N) is 2. The molecule has 0 aliphatic rings. The number of unbranched alkanes of at least 4 members (excludes halogenated alkanes) is 2. The maximum absolute atomic E-state index is 12.5. The molecule has 0 saturated carbocycles. The number of hydrogen-bond donors (Lipinski definition) is 3. The Labute approximate surface area is 200 Å². The molecule has 0 unspecified atom stereocenters. The quantitative estimate of drug-likeness (QED) is 0.197. The van der Waals surface area contributed by atoms with Gasteiger partial charge in [-0.3, -0.25) is 10.2 Å². The maximum Gasteiger partial charge on any atom is 0.251 e. The lowest BCUT2D eigenvalue weighted by atomic mass is 10.1. The normalized spacial score (nSPS) is 10.4. The van der Waals surface area contributed by atoms with Crippen LogP contribution in [0.15, 0.2) is 72.8 Å². The average molecular weight is 462 g/mol. The predicted octanol–water partition coefficient (Wildman–Crippen LogP) is 4.54. The van der Waals surface area contributed by atoms with Crippen LogP contribution in [0.1, 0.15) is 40.7 Å². The highest BCUT2D eigenvalue weighted by atomic mass is 16.5. The summed E-state index contributed by atoms with van der Waals surface area (Å²) in [6.45, 7) is 1.62. The van der Waals surface area contributed by atoms with E-state index in [2.05, 4.69) is 5.32 Å². The van der Waals surface area contributed by atoms with Crippen LogP contribution in [0.3, 0.4) is 0 Å². The van der Waals surface area contributed by atoms with Crippen molar-refractivity contribution in [2.75, 3.05) is 20.3 Å². The molecule has 0 atom stereocenters. The molecule has 3 aromatic carbocycles. The number of rotatable bonds is 13. The van der Waals surface area contributed by atoms with Gasteiger partial charge in [0.25, 0.3) is 5.91 Å². The van der Waals surface area contributed by atoms with E-state index in [0.717, 1.165) is 30.6 Å². The number of carbonyl (C=O) groups excluding carboxylic acids is 1. The second-order valence-electron chi connectivity index (χ2n) is 7.73. The largest absolute Gasteiger partial charge is 0.494 e. The Morgan fingerprint density at radius 1 is 0.853 bits per heavy atom. The summed E-state index contributed by atoms with van der Waals surface area (Å²) in [6, 6.07) is 22.2. The highest BCUT2D eigenvalue weighted by molar-refractivity contribution is 5.95. The van der Waals surface area contributed by atoms with Crippen molar-refractivity contribution >= 4 is 11.7 Å². The summed E-state index contributed by atoms with van der Waals surface area (Å²) in [5.74, 6) is 1.79. The van der Waals surface area contributed by atoms with Gasteiger partial charge in [-0.2, -0.15) is 0 Å². The number of amidine groups is 1. The molecule has 4 N–H and O–H groups in total. The first-order valence-electron chi connectivity index (χ1n) is 11.3. The minimum atomic E-state index is -0.162. The predicted molar refractivity (Wildman–Crippen MR) is 133 cm³/mol. The Morgan fingerprint density at radius 2 is 1.53 bits per heavy atom. The monoisotopic (exact) mass is 461 g/mol. The molecule has 0 bridgehead atoms. The molecule has 0 saturated heterocycles. The minimum Gasteiger partial charge on any atom is -0.494 e. The van der Waals surface area contributed by atoms with Gasteiger partial charge in [0.05, 0.1) is 20.3 Å². The molecule has 7 heteroatoms. The smallest absolute Gasteiger partial charge is 0.251 e. The van der Waals surface area contributed by atoms with Crippen molar-refractivity contribution in [1.29, 1.82) is 5.41 Å². The van der Waals surface area contributed by atoms with Gasteiger partial charge in [0, 0.05) is 17.7 Å². The molecule has 0 radical (unpaired) electrons. The Bertz CT molecular complexity index is 1070. The zero-order valence-corrected chi connectivity index (χ0v) is 19.4. The van der Waals surface area contributed by atoms with Gasteiger partial charge in [0.15, 0.2) is 11.5 Å². The summed E-state index contributed by atoms with van der Waals surface area (Å²) in [4.78, 5) is 12.5. The topological polar surface area (TPSA) is 107 Å². The summed E-state index contributed by atoms with van der Waals surface area (Å²) in [7, 11) is 1.56. The molecule has 0 aliphatic carbocycles. The van der Waals surface area contributed by atoms with Crippen molar-refractivity contribution in [3.05, 3.63) is 89.5 Å². The molecular weight excluding hydrogens is 430 g/mol. The van der Waals surface area contributed by atoms with Crippen molar-refractivity contribution in [3.8, 4) is 17.2 Å². The van der Waals surface area contributed by atoms with Crippen LogP contribution in [0.5, 0.6) is 17.2 Å². The van der Waals surface area contributed by atoms with Gasteiger partial charge < -0.3 is 25.3 Å². The zero-order chi connectivity index (χ0) is 24.2. The number of carbonyl (C=O) groups is 1. The second kappa shape index (κ2) is 12.9. The summed E-state index contributed by atoms with van der Waals surface area (Å²) in [6.07, 6.45) is 2.72. The van der Waals surface area contributed by atoms with Crippen LogP contribution in [0.4, 0.5) is 0 Å². The number of hydrogen-bond acceptors (Lipinski definition) is 5. The van der Waals surface area contributed by atoms with E-state index in [1.807, 2.05) is 42.5 Å². The van der Waals surface area contributed by atoms with Crippen molar-refractivity contribution in [2.45, 2.75) is 25.8 Å². The third-order valence-corrected chi connectivity index (χ3v) is 5.20. The molecule has 34 heavy (non-hydrogen) atoms. The molecular formula is C27H31N3O4. The fourth-order valence-electron chi connectivity index (χ4n) is 3.29. The van der Waals surface area contributed by atoms with Crippen molar-refractivity contribution in [3.63, 3.8) is 0 Å². The molecule has 7 nitrogen and oxygen atoms in total. The summed E-state index contributed by atoms with van der Waals surface area (Å²) in [5.41, 5.74) is 7.69. The molecule has 3 rings (SSSR count). The van der Waals surface area contributed by atoms with E-state index in [1.54, 1.807) is 37.4 Å². The zero-order valence-electron chi connectivity index (χ0n) is 19.4. The molecule has 3 aromatic rings. The van der Waals surface area contributed by atoms with E-state index >= 15 is 0 Å². The molecule has 0 fully saturated rings. The number of methoxy groups -OCH3 is 1. The number of nitrogens with two attached hydrogens (primary N) is 1. The van der Waals surface area contributed by atoms with Crippen molar-refractivity contribution < 1.29 is 19.0 Å². The van der Waals surface area contributed by atoms with Gasteiger partial charge in [0.1, 0.15) is 11.6 Å². The Hall–Kier alpha value is -4.00. The number of benzene rings is 3. The van der Waals surface area contributed by atoms with Crippen LogP contribution in [-0.2, 0) is 6.54 Å². The molecule has 0 heterocycles. The standard InChI is InChI=1S/C27H31N3O4/c1-32-25-18-22(27(31)30-19-20-8-4-2-5-9-20)12-15-24(25)34-17-7-3-6-16-33-23-13-10-21(11-14-23)26(28)29/h2,4-5,8-15,18H,3,6-7,16-17,19H2,1H3,(H3,28,29)(H,30,31). The van der Waals surface area contributed by atoms with Crippen LogP contribution < -0.4 is 25.3 Å². The molecule has 0 aromatic heterocycles. The van der Waals surface area contributed by atoms with Crippen molar-refractivity contribution in [1.82, 2.24) is 5.32 Å². The fraction of sp³-hybridized carbons (Fsp3) is 0.259. The van der Waals surface area contributed by atoms with Crippen LogP contribution in [0.2, 0.25) is 0 Å². The van der Waals surface area contributed by atoms with Crippen LogP contribution in [0, 0.1) is 5.41 Å². The van der Waals surface area contributed by atoms with Gasteiger partial charge in [-0.05, 0) is 67.3 Å². The molecule has 1 amide bonds. The summed E-state index contributed by atoms with van der Waals surface area (Å²) < 4.78 is 17.0. The Kier molecular flexibility index (Phi) is 9.34. The van der Waals surface area contributed by atoms with E-state index in [1.165, 1.54) is 0 Å². The van der Waals surface area contributed by atoms with Gasteiger partial charge >= 0.3 is 0 Å². The number of amides is 1. The lowest BCUT2D eigenvalue weighted by molar-refractivity contribution is 0.0950. The fourth-order valence-corrected chi connectivity index (χ4v) is 3.29. The lowest BCUT2D eigenvalue weighted by Gasteiger charge is -2.12. The average Bonchev–Trinajstić information content (AvgIpc) is 2.87. The number of nitrogen functional groups attached to an aromatic ring is 1. The van der Waals surface area contributed by atoms with Gasteiger partial charge in [-0.25, -0.2) is 0 Å². The van der Waals surface area contributed by atoms with Crippen LogP contribution >= 0.6 is 0 Å². The van der Waals surface area contributed by atoms with E-state index < -0.39 is 0 Å². The summed E-state index contributed by atoms with van der Waals surface area (Å²) >= 11 is 0. The van der Waals surface area contributed by atoms with E-state index in [-0.39, 0.29) is 11.7 Å². The van der Waals surface area contributed by atoms with Gasteiger partial charge in [-0.15, -0.1) is 0 Å². The van der Waals surface area contributed by atoms with E-state index in [9.17, 15) is 4.79 Å². The Balaban J connectivity index is 1.37. The highest BCUT2D eigenvalue weighted by Crippen LogP contribution is 2.28. The molecule has 0 spiro atoms. The molecule has 0 aliphatic heterocycles. The first-order valence-corrected chi connectivity index (χ1v) is 11.3. The highest BCUT2D eigenvalue weighted by Gasteiger charge is 2.11. The van der Waals surface area contributed by atoms with Crippen LogP contribution in [0.25, 0.3) is 0 Å². The first-order chi connectivity index (χ1) is 16.6. The van der Waals surface area contributed by atoms with Crippen LogP contribution in [-0.4, -0.2) is 32.1 Å². The van der Waals surface area contributed by atoms with E-state index in [0.29, 0.717) is 42.4 Å². The third kappa shape index (κ3) is 7.55.